The van der Waals surface area contributed by atoms with Gasteiger partial charge in [0.2, 0.25) is 0 Å². The van der Waals surface area contributed by atoms with Crippen LogP contribution in [0.5, 0.6) is 0 Å². The van der Waals surface area contributed by atoms with Crippen molar-refractivity contribution in [3.05, 3.63) is 24.2 Å². The van der Waals surface area contributed by atoms with E-state index < -0.39 is 23.9 Å². The van der Waals surface area contributed by atoms with Gasteiger partial charge in [-0.05, 0) is 38.3 Å². The smallest absolute Gasteiger partial charge is 0.250 e. The van der Waals surface area contributed by atoms with Gasteiger partial charge in [0, 0.05) is 44.4 Å². The molecule has 0 unspecified atom stereocenters. The van der Waals surface area contributed by atoms with E-state index in [1.165, 1.54) is 31.9 Å². The first kappa shape index (κ1) is 26.7. The van der Waals surface area contributed by atoms with Crippen LogP contribution < -0.4 is 5.11 Å². The molecule has 2 aromatic heterocycles. The van der Waals surface area contributed by atoms with E-state index in [4.69, 9.17) is 9.47 Å². The highest BCUT2D eigenvalue weighted by molar-refractivity contribution is 7.98. The van der Waals surface area contributed by atoms with Crippen LogP contribution in [-0.4, -0.2) is 94.3 Å². The summed E-state index contributed by atoms with van der Waals surface area (Å²) in [6, 6.07) is 3.61. The Hall–Kier alpha value is -1.37. The molecule has 0 radical (unpaired) electrons. The van der Waals surface area contributed by atoms with E-state index in [1.54, 1.807) is 4.52 Å². The second kappa shape index (κ2) is 10.2. The minimum Gasteiger partial charge on any atom is -0.829 e. The van der Waals surface area contributed by atoms with Crippen LogP contribution in [0.3, 0.4) is 0 Å². The van der Waals surface area contributed by atoms with Crippen molar-refractivity contribution in [3.63, 3.8) is 0 Å². The molecule has 0 bridgehead atoms. The first-order valence-corrected chi connectivity index (χ1v) is 13.3. The predicted octanol–water partition coefficient (Wildman–Crippen LogP) is 2.67. The molecule has 8 nitrogen and oxygen atoms in total. The Bertz CT molecular complexity index is 1010. The van der Waals surface area contributed by atoms with E-state index in [0.717, 1.165) is 16.2 Å². The lowest BCUT2D eigenvalue weighted by Crippen LogP contribution is -2.53. The van der Waals surface area contributed by atoms with Crippen molar-refractivity contribution in [3.8, 4) is 0 Å². The van der Waals surface area contributed by atoms with Crippen molar-refractivity contribution in [2.75, 3.05) is 40.0 Å². The van der Waals surface area contributed by atoms with E-state index in [0.29, 0.717) is 19.6 Å². The second-order valence-corrected chi connectivity index (χ2v) is 11.3. The molecule has 2 saturated heterocycles. The topological polar surface area (TPSA) is 78.2 Å². The van der Waals surface area contributed by atoms with Crippen molar-refractivity contribution in [2.45, 2.75) is 74.7 Å². The molecule has 11 heteroatoms. The van der Waals surface area contributed by atoms with Gasteiger partial charge in [-0.25, -0.2) is 18.3 Å². The number of thioether (sulfide) groups is 1. The summed E-state index contributed by atoms with van der Waals surface area (Å²) in [6.07, 6.45) is 1.83. The summed E-state index contributed by atoms with van der Waals surface area (Å²) in [6.45, 7) is 6.35. The lowest BCUT2D eigenvalue weighted by atomic mass is 9.93. The Labute approximate surface area is 210 Å². The Morgan fingerprint density at radius 2 is 2.09 bits per heavy atom. The first-order chi connectivity index (χ1) is 16.4. The molecule has 5 atom stereocenters. The largest absolute Gasteiger partial charge is 0.829 e. The fraction of sp³-hybridized carbons (Fsp3) is 0.750. The molecule has 0 aliphatic carbocycles. The van der Waals surface area contributed by atoms with Crippen molar-refractivity contribution in [2.24, 2.45) is 5.92 Å². The predicted molar refractivity (Wildman–Crippen MR) is 129 cm³/mol. The van der Waals surface area contributed by atoms with Gasteiger partial charge in [0.15, 0.2) is 0 Å². The lowest BCUT2D eigenvalue weighted by Gasteiger charge is -2.42. The fourth-order valence-corrected chi connectivity index (χ4v) is 5.78. The van der Waals surface area contributed by atoms with E-state index >= 15 is 0 Å². The number of halogens is 2. The fourth-order valence-electron chi connectivity index (χ4n) is 5.26. The minimum atomic E-state index is -2.65. The molecule has 2 fully saturated rings. The average molecular weight is 513 g/mol. The number of likely N-dealkylation sites (N-methyl/N-ethyl adjacent to an activating group) is 1. The minimum absolute atomic E-state index is 0.122. The summed E-state index contributed by atoms with van der Waals surface area (Å²) in [4.78, 5) is 8.39. The number of hydrogen-bond acceptors (Lipinski definition) is 8. The van der Waals surface area contributed by atoms with Crippen LogP contribution in [0, 0.1) is 5.92 Å². The highest BCUT2D eigenvalue weighted by Gasteiger charge is 2.48. The van der Waals surface area contributed by atoms with Gasteiger partial charge in [-0.3, -0.25) is 4.90 Å². The number of alkyl halides is 2. The summed E-state index contributed by atoms with van der Waals surface area (Å²) in [5.41, 5.74) is 1.65. The SMILES string of the molecule is CSc1ncnn2c([C@@H]3O[C@H](CN4CCC(F)(F)C[C@H]4CN(C)C)[C@@H](C)[C@H]3OC(C)(C)[O-])ccc12. The Morgan fingerprint density at radius 1 is 1.34 bits per heavy atom. The summed E-state index contributed by atoms with van der Waals surface area (Å²) in [7, 11) is 3.80. The summed E-state index contributed by atoms with van der Waals surface area (Å²) >= 11 is 1.53. The van der Waals surface area contributed by atoms with Crippen molar-refractivity contribution in [1.82, 2.24) is 24.4 Å². The maximum absolute atomic E-state index is 14.2. The molecule has 0 spiro atoms. The Morgan fingerprint density at radius 3 is 2.74 bits per heavy atom. The maximum atomic E-state index is 14.2. The van der Waals surface area contributed by atoms with Crippen molar-refractivity contribution < 1.29 is 23.4 Å². The molecular formula is C24H36F2N5O3S-. The zero-order valence-corrected chi connectivity index (χ0v) is 22.1. The van der Waals surface area contributed by atoms with Crippen molar-refractivity contribution in [1.29, 1.82) is 0 Å². The first-order valence-electron chi connectivity index (χ1n) is 12.1. The second-order valence-electron chi connectivity index (χ2n) is 10.5. The van der Waals surface area contributed by atoms with E-state index in [9.17, 15) is 13.9 Å². The Kier molecular flexibility index (Phi) is 7.76. The standard InChI is InChI=1S/C24H36F2N5O3S/c1-15-19(13-30-10-9-24(25,26)11-16(30)12-29(4)5)33-21(20(15)34-23(2,3)32)17-7-8-18-22(35-6)27-14-28-31(17)18/h7-8,14-16,19-21H,9-13H2,1-6H3/q-1/t15-,16+,19-,20-,21+/m1/s1. The number of nitrogens with zero attached hydrogens (tertiary/aromatic N) is 5. The third-order valence-electron chi connectivity index (χ3n) is 6.88. The third-order valence-corrected chi connectivity index (χ3v) is 7.58. The van der Waals surface area contributed by atoms with Crippen LogP contribution in [-0.2, 0) is 9.47 Å². The van der Waals surface area contributed by atoms with Crippen LogP contribution in [0.4, 0.5) is 8.78 Å². The van der Waals surface area contributed by atoms with Crippen LogP contribution in [0.2, 0.25) is 0 Å². The molecule has 4 heterocycles. The van der Waals surface area contributed by atoms with E-state index in [-0.39, 0.29) is 30.9 Å². The molecule has 0 amide bonds. The third kappa shape index (κ3) is 5.97. The van der Waals surface area contributed by atoms with Gasteiger partial charge >= 0.3 is 0 Å². The van der Waals surface area contributed by atoms with E-state index in [2.05, 4.69) is 15.0 Å². The number of hydrogen-bond donors (Lipinski definition) is 0. The molecule has 35 heavy (non-hydrogen) atoms. The molecule has 2 aromatic rings. The number of rotatable bonds is 8. The molecule has 2 aliphatic heterocycles. The van der Waals surface area contributed by atoms with Crippen LogP contribution in [0.25, 0.3) is 5.52 Å². The van der Waals surface area contributed by atoms with Crippen LogP contribution >= 0.6 is 11.8 Å². The van der Waals surface area contributed by atoms with Crippen molar-refractivity contribution >= 4 is 17.3 Å². The highest BCUT2D eigenvalue weighted by atomic mass is 32.2. The molecular weight excluding hydrogens is 476 g/mol. The zero-order valence-electron chi connectivity index (χ0n) is 21.3. The summed E-state index contributed by atoms with van der Waals surface area (Å²) in [5, 5.41) is 17.9. The van der Waals surface area contributed by atoms with Gasteiger partial charge in [-0.1, -0.05) is 20.8 Å². The molecule has 4 rings (SSSR count). The zero-order chi connectivity index (χ0) is 25.5. The molecule has 196 valence electrons. The number of likely N-dealkylation sites (tertiary alicyclic amines) is 1. The average Bonchev–Trinajstić information content (AvgIpc) is 3.30. The number of ether oxygens (including phenoxy) is 2. The van der Waals surface area contributed by atoms with Gasteiger partial charge in [-0.15, -0.1) is 11.8 Å². The lowest BCUT2D eigenvalue weighted by molar-refractivity contribution is -0.550. The highest BCUT2D eigenvalue weighted by Crippen LogP contribution is 2.42. The van der Waals surface area contributed by atoms with E-state index in [1.807, 2.05) is 44.3 Å². The van der Waals surface area contributed by atoms with Gasteiger partial charge in [0.05, 0.1) is 23.4 Å². The number of aromatic nitrogens is 3. The quantitative estimate of drug-likeness (QED) is 0.395. The normalized spacial score (nSPS) is 29.9. The van der Waals surface area contributed by atoms with Gasteiger partial charge in [0.1, 0.15) is 17.5 Å². The van der Waals surface area contributed by atoms with Crippen LogP contribution in [0.1, 0.15) is 45.4 Å². The molecule has 0 saturated carbocycles. The number of fused-ring (bicyclic) bond motifs is 1. The summed E-state index contributed by atoms with van der Waals surface area (Å²) in [5.74, 6) is -4.38. The van der Waals surface area contributed by atoms with Gasteiger partial charge < -0.3 is 19.5 Å². The summed E-state index contributed by atoms with van der Waals surface area (Å²) < 4.78 is 42.8. The monoisotopic (exact) mass is 512 g/mol. The molecule has 2 aliphatic rings. The van der Waals surface area contributed by atoms with Crippen LogP contribution in [0.15, 0.2) is 23.5 Å². The Balaban J connectivity index is 1.62. The van der Waals surface area contributed by atoms with Gasteiger partial charge in [-0.2, -0.15) is 5.10 Å². The molecule has 0 N–H and O–H groups in total. The maximum Gasteiger partial charge on any atom is 0.250 e. The van der Waals surface area contributed by atoms with Gasteiger partial charge in [0.25, 0.3) is 5.92 Å². The number of piperidine rings is 1. The molecule has 0 aromatic carbocycles.